The highest BCUT2D eigenvalue weighted by atomic mass is 35.5. The highest BCUT2D eigenvalue weighted by Gasteiger charge is 2.39. The Hall–Kier alpha value is -0.320. The average Bonchev–Trinajstić information content (AvgIpc) is 2.32. The van der Waals surface area contributed by atoms with E-state index in [4.69, 9.17) is 10.5 Å². The molecule has 0 aliphatic heterocycles. The molecule has 0 bridgehead atoms. The van der Waals surface area contributed by atoms with E-state index in [1.54, 1.807) is 0 Å². The minimum atomic E-state index is -0.579. The molecule has 106 valence electrons. The molecule has 0 aromatic rings. The van der Waals surface area contributed by atoms with E-state index in [2.05, 4.69) is 5.32 Å². The predicted octanol–water partition coefficient (Wildman–Crippen LogP) is 1.76. The number of carbonyl (C=O) groups is 1. The monoisotopic (exact) mass is 276 g/mol. The number of hydrogen-bond acceptors (Lipinski definition) is 3. The fourth-order valence-corrected chi connectivity index (χ4v) is 2.58. The van der Waals surface area contributed by atoms with Gasteiger partial charge in [0, 0.05) is 6.54 Å². The Balaban J connectivity index is 0.00000162. The number of ether oxygens (including phenoxy) is 1. The van der Waals surface area contributed by atoms with Gasteiger partial charge in [-0.2, -0.15) is 0 Å². The van der Waals surface area contributed by atoms with Crippen molar-refractivity contribution in [3.05, 3.63) is 0 Å². The summed E-state index contributed by atoms with van der Waals surface area (Å²) < 4.78 is 5.74. The van der Waals surface area contributed by atoms with Crippen LogP contribution in [-0.4, -0.2) is 30.7 Å². The van der Waals surface area contributed by atoms with Crippen molar-refractivity contribution in [2.45, 2.75) is 63.0 Å². The minimum Gasteiger partial charge on any atom is -0.376 e. The normalized spacial score (nSPS) is 22.7. The van der Waals surface area contributed by atoms with Gasteiger partial charge < -0.3 is 15.8 Å². The number of nitrogens with one attached hydrogen (secondary N) is 1. The summed E-state index contributed by atoms with van der Waals surface area (Å²) in [4.78, 5) is 11.7. The molecule has 0 atom stereocenters. The van der Waals surface area contributed by atoms with Crippen LogP contribution in [0, 0.1) is 0 Å². The summed E-state index contributed by atoms with van der Waals surface area (Å²) in [6.07, 6.45) is 9.38. The van der Waals surface area contributed by atoms with Gasteiger partial charge in [-0.25, -0.2) is 0 Å². The van der Waals surface area contributed by atoms with E-state index in [9.17, 15) is 4.79 Å². The first kappa shape index (κ1) is 15.7. The van der Waals surface area contributed by atoms with Crippen LogP contribution in [0.25, 0.3) is 0 Å². The van der Waals surface area contributed by atoms with Crippen LogP contribution < -0.4 is 11.1 Å². The van der Waals surface area contributed by atoms with E-state index >= 15 is 0 Å². The number of hydrogen-bond donors (Lipinski definition) is 2. The van der Waals surface area contributed by atoms with Crippen molar-refractivity contribution in [2.24, 2.45) is 5.73 Å². The molecule has 0 aromatic carbocycles. The van der Waals surface area contributed by atoms with Gasteiger partial charge in [0.15, 0.2) is 0 Å². The molecule has 1 amide bonds. The fourth-order valence-electron chi connectivity index (χ4n) is 2.58. The summed E-state index contributed by atoms with van der Waals surface area (Å²) in [5.41, 5.74) is 5.34. The molecular formula is C13H25ClN2O2. The largest absolute Gasteiger partial charge is 0.376 e. The molecule has 0 radical (unpaired) electrons. The maximum atomic E-state index is 11.7. The first-order valence-corrected chi connectivity index (χ1v) is 6.89. The zero-order valence-electron chi connectivity index (χ0n) is 11.0. The minimum absolute atomic E-state index is 0. The van der Waals surface area contributed by atoms with Crippen molar-refractivity contribution >= 4 is 18.3 Å². The Morgan fingerprint density at radius 2 is 1.89 bits per heavy atom. The standard InChI is InChI=1S/C13H24N2O2.ClH/c14-13(7-4-8-13)12(16)15-9-10-17-11-5-2-1-3-6-11;/h11H,1-10,14H2,(H,15,16);1H. The Labute approximate surface area is 115 Å². The van der Waals surface area contributed by atoms with Gasteiger partial charge >= 0.3 is 0 Å². The lowest BCUT2D eigenvalue weighted by atomic mass is 9.77. The summed E-state index contributed by atoms with van der Waals surface area (Å²) >= 11 is 0. The van der Waals surface area contributed by atoms with Gasteiger partial charge in [0.05, 0.1) is 18.2 Å². The topological polar surface area (TPSA) is 64.4 Å². The van der Waals surface area contributed by atoms with E-state index in [1.165, 1.54) is 32.1 Å². The van der Waals surface area contributed by atoms with Crippen LogP contribution in [0.4, 0.5) is 0 Å². The van der Waals surface area contributed by atoms with E-state index in [0.717, 1.165) is 19.3 Å². The predicted molar refractivity (Wildman–Crippen MR) is 73.9 cm³/mol. The summed E-state index contributed by atoms with van der Waals surface area (Å²) in [6, 6.07) is 0. The van der Waals surface area contributed by atoms with Gasteiger partial charge in [0.2, 0.25) is 5.91 Å². The summed E-state index contributed by atoms with van der Waals surface area (Å²) in [5.74, 6) is -0.00371. The molecule has 0 saturated heterocycles. The molecular weight excluding hydrogens is 252 g/mol. The molecule has 2 aliphatic carbocycles. The summed E-state index contributed by atoms with van der Waals surface area (Å²) in [6.45, 7) is 1.21. The molecule has 0 heterocycles. The van der Waals surface area contributed by atoms with Crippen LogP contribution in [-0.2, 0) is 9.53 Å². The number of rotatable bonds is 5. The van der Waals surface area contributed by atoms with E-state index in [0.29, 0.717) is 19.3 Å². The molecule has 0 spiro atoms. The molecule has 5 heteroatoms. The van der Waals surface area contributed by atoms with Crippen LogP contribution in [0.3, 0.4) is 0 Å². The number of nitrogens with two attached hydrogens (primary N) is 1. The third-order valence-corrected chi connectivity index (χ3v) is 3.99. The molecule has 4 nitrogen and oxygen atoms in total. The van der Waals surface area contributed by atoms with Crippen molar-refractivity contribution < 1.29 is 9.53 Å². The van der Waals surface area contributed by atoms with E-state index < -0.39 is 5.54 Å². The van der Waals surface area contributed by atoms with Crippen LogP contribution in [0.5, 0.6) is 0 Å². The van der Waals surface area contributed by atoms with Gasteiger partial charge in [0.25, 0.3) is 0 Å². The third-order valence-electron chi connectivity index (χ3n) is 3.99. The Morgan fingerprint density at radius 1 is 1.22 bits per heavy atom. The molecule has 2 rings (SSSR count). The van der Waals surface area contributed by atoms with Gasteiger partial charge in [-0.15, -0.1) is 12.4 Å². The molecule has 2 saturated carbocycles. The smallest absolute Gasteiger partial charge is 0.240 e. The quantitative estimate of drug-likeness (QED) is 0.752. The summed E-state index contributed by atoms with van der Waals surface area (Å²) in [7, 11) is 0. The van der Waals surface area contributed by atoms with Crippen LogP contribution in [0.15, 0.2) is 0 Å². The Kier molecular flexibility index (Phi) is 6.39. The lowest BCUT2D eigenvalue weighted by Crippen LogP contribution is -2.58. The fraction of sp³-hybridized carbons (Fsp3) is 0.923. The first-order valence-electron chi connectivity index (χ1n) is 6.89. The average molecular weight is 277 g/mol. The molecule has 3 N–H and O–H groups in total. The van der Waals surface area contributed by atoms with E-state index in [-0.39, 0.29) is 18.3 Å². The van der Waals surface area contributed by atoms with Gasteiger partial charge in [-0.1, -0.05) is 19.3 Å². The second kappa shape index (κ2) is 7.31. The van der Waals surface area contributed by atoms with Gasteiger partial charge in [0.1, 0.15) is 0 Å². The van der Waals surface area contributed by atoms with Crippen molar-refractivity contribution in [1.29, 1.82) is 0 Å². The highest BCUT2D eigenvalue weighted by Crippen LogP contribution is 2.28. The maximum absolute atomic E-state index is 11.7. The maximum Gasteiger partial charge on any atom is 0.240 e. The van der Waals surface area contributed by atoms with Crippen LogP contribution >= 0.6 is 12.4 Å². The Bertz CT molecular complexity index is 264. The van der Waals surface area contributed by atoms with Crippen LogP contribution in [0.2, 0.25) is 0 Å². The highest BCUT2D eigenvalue weighted by molar-refractivity contribution is 5.86. The number of carbonyl (C=O) groups excluding carboxylic acids is 1. The second-order valence-corrected chi connectivity index (χ2v) is 5.40. The first-order chi connectivity index (χ1) is 8.21. The SMILES string of the molecule is Cl.NC1(C(=O)NCCOC2CCCCC2)CCC1. The van der Waals surface area contributed by atoms with Crippen molar-refractivity contribution in [2.75, 3.05) is 13.2 Å². The lowest BCUT2D eigenvalue weighted by Gasteiger charge is -2.36. The Morgan fingerprint density at radius 3 is 2.44 bits per heavy atom. The molecule has 18 heavy (non-hydrogen) atoms. The van der Waals surface area contributed by atoms with Crippen molar-refractivity contribution in [1.82, 2.24) is 5.32 Å². The molecule has 2 aliphatic rings. The number of halogens is 1. The molecule has 0 aromatic heterocycles. The van der Waals surface area contributed by atoms with Crippen molar-refractivity contribution in [3.63, 3.8) is 0 Å². The number of amides is 1. The third kappa shape index (κ3) is 4.11. The molecule has 0 unspecified atom stereocenters. The lowest BCUT2D eigenvalue weighted by molar-refractivity contribution is -0.129. The van der Waals surface area contributed by atoms with Gasteiger partial charge in [-0.05, 0) is 32.1 Å². The second-order valence-electron chi connectivity index (χ2n) is 5.40. The summed E-state index contributed by atoms with van der Waals surface area (Å²) in [5, 5.41) is 2.88. The zero-order valence-corrected chi connectivity index (χ0v) is 11.8. The van der Waals surface area contributed by atoms with Crippen LogP contribution in [0.1, 0.15) is 51.4 Å². The molecule has 2 fully saturated rings. The van der Waals surface area contributed by atoms with Crippen molar-refractivity contribution in [3.8, 4) is 0 Å². The zero-order chi connectivity index (χ0) is 12.1. The van der Waals surface area contributed by atoms with Gasteiger partial charge in [-0.3, -0.25) is 4.79 Å². The van der Waals surface area contributed by atoms with E-state index in [1.807, 2.05) is 0 Å².